The molecule has 19 heavy (non-hydrogen) atoms. The van der Waals surface area contributed by atoms with E-state index in [0.717, 1.165) is 31.7 Å². The predicted molar refractivity (Wildman–Crippen MR) is 72.6 cm³/mol. The molecule has 0 aromatic heterocycles. The second-order valence-electron chi connectivity index (χ2n) is 4.82. The van der Waals surface area contributed by atoms with Crippen molar-refractivity contribution in [3.8, 4) is 0 Å². The molecular formula is C14H20FN3O. The van der Waals surface area contributed by atoms with Crippen molar-refractivity contribution >= 4 is 6.03 Å². The van der Waals surface area contributed by atoms with Crippen molar-refractivity contribution in [3.05, 3.63) is 35.6 Å². The van der Waals surface area contributed by atoms with E-state index >= 15 is 0 Å². The van der Waals surface area contributed by atoms with Gasteiger partial charge in [0.05, 0.1) is 0 Å². The number of nitrogens with one attached hydrogen (secondary N) is 1. The topological polar surface area (TPSA) is 35.6 Å². The van der Waals surface area contributed by atoms with Crippen LogP contribution in [0.25, 0.3) is 0 Å². The summed E-state index contributed by atoms with van der Waals surface area (Å²) >= 11 is 0. The number of carbonyl (C=O) groups excluding carboxylic acids is 1. The summed E-state index contributed by atoms with van der Waals surface area (Å²) in [5.74, 6) is -0.228. The first kappa shape index (κ1) is 13.8. The SMILES string of the molecule is CN(CCc1cccc(F)c1)C(=O)N1CCNCC1. The number of benzene rings is 1. The molecule has 0 atom stereocenters. The first-order valence-electron chi connectivity index (χ1n) is 6.62. The van der Waals surface area contributed by atoms with Crippen molar-refractivity contribution in [1.82, 2.24) is 15.1 Å². The molecule has 0 radical (unpaired) electrons. The van der Waals surface area contributed by atoms with Crippen LogP contribution in [-0.2, 0) is 6.42 Å². The molecule has 2 amide bonds. The van der Waals surface area contributed by atoms with Crippen LogP contribution >= 0.6 is 0 Å². The van der Waals surface area contributed by atoms with E-state index in [4.69, 9.17) is 0 Å². The minimum absolute atomic E-state index is 0.0536. The fraction of sp³-hybridized carbons (Fsp3) is 0.500. The molecule has 1 aromatic rings. The Morgan fingerprint density at radius 1 is 1.42 bits per heavy atom. The molecular weight excluding hydrogens is 245 g/mol. The lowest BCUT2D eigenvalue weighted by Crippen LogP contribution is -2.50. The van der Waals surface area contributed by atoms with Crippen molar-refractivity contribution in [2.75, 3.05) is 39.8 Å². The number of rotatable bonds is 3. The van der Waals surface area contributed by atoms with Gasteiger partial charge in [0.2, 0.25) is 0 Å². The molecule has 1 fully saturated rings. The molecule has 2 rings (SSSR count). The number of hydrogen-bond acceptors (Lipinski definition) is 2. The molecule has 104 valence electrons. The number of amides is 2. The summed E-state index contributed by atoms with van der Waals surface area (Å²) in [5.41, 5.74) is 0.917. The van der Waals surface area contributed by atoms with E-state index in [1.807, 2.05) is 11.0 Å². The average molecular weight is 265 g/mol. The number of urea groups is 1. The Bertz CT molecular complexity index is 432. The van der Waals surface area contributed by atoms with E-state index in [0.29, 0.717) is 13.0 Å². The number of carbonyl (C=O) groups is 1. The van der Waals surface area contributed by atoms with Gasteiger partial charge in [0.15, 0.2) is 0 Å². The molecule has 1 aliphatic heterocycles. The maximum Gasteiger partial charge on any atom is 0.319 e. The van der Waals surface area contributed by atoms with Gasteiger partial charge in [-0.3, -0.25) is 0 Å². The molecule has 0 saturated carbocycles. The van der Waals surface area contributed by atoms with Crippen molar-refractivity contribution in [2.45, 2.75) is 6.42 Å². The zero-order chi connectivity index (χ0) is 13.7. The fourth-order valence-electron chi connectivity index (χ4n) is 2.18. The van der Waals surface area contributed by atoms with E-state index in [1.54, 1.807) is 18.0 Å². The summed E-state index contributed by atoms with van der Waals surface area (Å²) in [6, 6.07) is 6.58. The van der Waals surface area contributed by atoms with Gasteiger partial charge in [0.25, 0.3) is 0 Å². The summed E-state index contributed by atoms with van der Waals surface area (Å²) in [4.78, 5) is 15.7. The fourth-order valence-corrected chi connectivity index (χ4v) is 2.18. The number of nitrogens with zero attached hydrogens (tertiary/aromatic N) is 2. The van der Waals surface area contributed by atoms with Crippen LogP contribution in [0.4, 0.5) is 9.18 Å². The predicted octanol–water partition coefficient (Wildman–Crippen LogP) is 1.33. The molecule has 5 heteroatoms. The highest BCUT2D eigenvalue weighted by Gasteiger charge is 2.19. The van der Waals surface area contributed by atoms with Gasteiger partial charge >= 0.3 is 6.03 Å². The zero-order valence-electron chi connectivity index (χ0n) is 11.2. The van der Waals surface area contributed by atoms with Crippen molar-refractivity contribution < 1.29 is 9.18 Å². The Balaban J connectivity index is 1.83. The summed E-state index contributed by atoms with van der Waals surface area (Å²) < 4.78 is 13.0. The van der Waals surface area contributed by atoms with Crippen molar-refractivity contribution in [1.29, 1.82) is 0 Å². The Kier molecular flexibility index (Phi) is 4.74. The Morgan fingerprint density at radius 2 is 2.16 bits per heavy atom. The highest BCUT2D eigenvalue weighted by Crippen LogP contribution is 2.06. The van der Waals surface area contributed by atoms with Gasteiger partial charge in [-0.25, -0.2) is 9.18 Å². The largest absolute Gasteiger partial charge is 0.327 e. The first-order chi connectivity index (χ1) is 9.16. The van der Waals surface area contributed by atoms with E-state index in [-0.39, 0.29) is 11.8 Å². The summed E-state index contributed by atoms with van der Waals surface area (Å²) in [6.45, 7) is 3.81. The molecule has 0 aliphatic carbocycles. The highest BCUT2D eigenvalue weighted by molar-refractivity contribution is 5.74. The standard InChI is InChI=1S/C14H20FN3O/c1-17(14(19)18-9-6-16-7-10-18)8-5-12-3-2-4-13(15)11-12/h2-4,11,16H,5-10H2,1H3. The lowest BCUT2D eigenvalue weighted by molar-refractivity contribution is 0.156. The molecule has 1 heterocycles. The average Bonchev–Trinajstić information content (AvgIpc) is 2.45. The quantitative estimate of drug-likeness (QED) is 0.895. The molecule has 1 saturated heterocycles. The lowest BCUT2D eigenvalue weighted by atomic mass is 10.1. The monoisotopic (exact) mass is 265 g/mol. The van der Waals surface area contributed by atoms with Crippen LogP contribution in [-0.4, -0.2) is 55.6 Å². The molecule has 1 aliphatic rings. The number of piperazine rings is 1. The second-order valence-corrected chi connectivity index (χ2v) is 4.82. The van der Waals surface area contributed by atoms with Crippen molar-refractivity contribution in [2.24, 2.45) is 0 Å². The van der Waals surface area contributed by atoms with Crippen LogP contribution in [0.1, 0.15) is 5.56 Å². The number of halogens is 1. The minimum Gasteiger partial charge on any atom is -0.327 e. The summed E-state index contributed by atoms with van der Waals surface area (Å²) in [6.07, 6.45) is 0.673. The van der Waals surface area contributed by atoms with Crippen LogP contribution in [0.5, 0.6) is 0 Å². The van der Waals surface area contributed by atoms with E-state index in [9.17, 15) is 9.18 Å². The van der Waals surface area contributed by atoms with Crippen LogP contribution in [0.2, 0.25) is 0 Å². The van der Waals surface area contributed by atoms with Crippen molar-refractivity contribution in [3.63, 3.8) is 0 Å². The Labute approximate surface area is 113 Å². The van der Waals surface area contributed by atoms with E-state index < -0.39 is 0 Å². The third kappa shape index (κ3) is 3.92. The second kappa shape index (κ2) is 6.52. The number of likely N-dealkylation sites (N-methyl/N-ethyl adjacent to an activating group) is 1. The van der Waals surface area contributed by atoms with Gasteiger partial charge in [-0.2, -0.15) is 0 Å². The third-order valence-corrected chi connectivity index (χ3v) is 3.34. The summed E-state index contributed by atoms with van der Waals surface area (Å²) in [5, 5.41) is 3.22. The molecule has 1 aromatic carbocycles. The van der Waals surface area contributed by atoms with Gasteiger partial charge in [-0.1, -0.05) is 12.1 Å². The smallest absolute Gasteiger partial charge is 0.319 e. The first-order valence-corrected chi connectivity index (χ1v) is 6.62. The normalized spacial score (nSPS) is 15.4. The molecule has 1 N–H and O–H groups in total. The molecule has 0 spiro atoms. The van der Waals surface area contributed by atoms with Crippen LogP contribution < -0.4 is 5.32 Å². The number of hydrogen-bond donors (Lipinski definition) is 1. The Morgan fingerprint density at radius 3 is 2.84 bits per heavy atom. The maximum absolute atomic E-state index is 13.0. The van der Waals surface area contributed by atoms with Crippen LogP contribution in [0.3, 0.4) is 0 Å². The summed E-state index contributed by atoms with van der Waals surface area (Å²) in [7, 11) is 1.80. The van der Waals surface area contributed by atoms with Gasteiger partial charge in [0.1, 0.15) is 5.82 Å². The van der Waals surface area contributed by atoms with Crippen LogP contribution in [0.15, 0.2) is 24.3 Å². The molecule has 0 unspecified atom stereocenters. The Hall–Kier alpha value is -1.62. The van der Waals surface area contributed by atoms with Gasteiger partial charge in [-0.15, -0.1) is 0 Å². The third-order valence-electron chi connectivity index (χ3n) is 3.34. The van der Waals surface area contributed by atoms with Gasteiger partial charge in [-0.05, 0) is 24.1 Å². The lowest BCUT2D eigenvalue weighted by Gasteiger charge is -2.31. The van der Waals surface area contributed by atoms with E-state index in [2.05, 4.69) is 5.32 Å². The highest BCUT2D eigenvalue weighted by atomic mass is 19.1. The zero-order valence-corrected chi connectivity index (χ0v) is 11.2. The van der Waals surface area contributed by atoms with Gasteiger partial charge in [0, 0.05) is 39.8 Å². The van der Waals surface area contributed by atoms with E-state index in [1.165, 1.54) is 12.1 Å². The molecule has 0 bridgehead atoms. The molecule has 4 nitrogen and oxygen atoms in total. The maximum atomic E-state index is 13.0. The minimum atomic E-state index is -0.228. The van der Waals surface area contributed by atoms with Crippen LogP contribution in [0, 0.1) is 5.82 Å². The van der Waals surface area contributed by atoms with Gasteiger partial charge < -0.3 is 15.1 Å².